The van der Waals surface area contributed by atoms with Crippen LogP contribution in [0.3, 0.4) is 0 Å². The van der Waals surface area contributed by atoms with Crippen LogP contribution in [0.1, 0.15) is 35.7 Å². The molecule has 0 bridgehead atoms. The van der Waals surface area contributed by atoms with Crippen LogP contribution in [0.5, 0.6) is 0 Å². The third-order valence-corrected chi connectivity index (χ3v) is 5.85. The summed E-state index contributed by atoms with van der Waals surface area (Å²) in [7, 11) is 0. The summed E-state index contributed by atoms with van der Waals surface area (Å²) in [5.41, 5.74) is 2.09. The number of nitrogens with one attached hydrogen (secondary N) is 1. The second kappa shape index (κ2) is 6.97. The number of anilines is 1. The van der Waals surface area contributed by atoms with Crippen LogP contribution >= 0.6 is 11.3 Å². The molecule has 4 rings (SSSR count). The minimum atomic E-state index is -0.0287. The van der Waals surface area contributed by atoms with Crippen LogP contribution in [-0.4, -0.2) is 51.4 Å². The first kappa shape index (κ1) is 16.9. The van der Waals surface area contributed by atoms with Gasteiger partial charge in [-0.25, -0.2) is 4.98 Å². The highest BCUT2D eigenvalue weighted by atomic mass is 32.1. The van der Waals surface area contributed by atoms with Gasteiger partial charge in [-0.05, 0) is 45.4 Å². The second-order valence-corrected chi connectivity index (χ2v) is 8.33. The predicted molar refractivity (Wildman–Crippen MR) is 98.8 cm³/mol. The van der Waals surface area contributed by atoms with Crippen molar-refractivity contribution in [2.45, 2.75) is 51.3 Å². The summed E-state index contributed by atoms with van der Waals surface area (Å²) in [6.45, 7) is 7.79. The molecular formula is C18H25N5OS. The smallest absolute Gasteiger partial charge is 0.148 e. The lowest BCUT2D eigenvalue weighted by molar-refractivity contribution is -0.0535. The molecule has 0 amide bonds. The van der Waals surface area contributed by atoms with Crippen molar-refractivity contribution >= 4 is 17.2 Å². The van der Waals surface area contributed by atoms with E-state index in [1.807, 2.05) is 19.1 Å². The molecule has 6 nitrogen and oxygen atoms in total. The lowest BCUT2D eigenvalue weighted by Gasteiger charge is -2.39. The lowest BCUT2D eigenvalue weighted by atomic mass is 9.88. The molecule has 0 aliphatic carbocycles. The van der Waals surface area contributed by atoms with Gasteiger partial charge in [0.05, 0.1) is 34.6 Å². The number of ether oxygens (including phenoxy) is 1. The van der Waals surface area contributed by atoms with Crippen LogP contribution < -0.4 is 5.32 Å². The molecule has 0 aromatic carbocycles. The molecule has 2 aromatic rings. The van der Waals surface area contributed by atoms with Gasteiger partial charge in [0.15, 0.2) is 0 Å². The number of nitrogens with zero attached hydrogens (tertiary/aromatic N) is 4. The summed E-state index contributed by atoms with van der Waals surface area (Å²) in [5, 5.41) is 15.1. The number of aryl methyl sites for hydroxylation is 2. The molecule has 25 heavy (non-hydrogen) atoms. The van der Waals surface area contributed by atoms with Gasteiger partial charge in [-0.1, -0.05) is 0 Å². The molecule has 2 atom stereocenters. The predicted octanol–water partition coefficient (Wildman–Crippen LogP) is 2.79. The van der Waals surface area contributed by atoms with Crippen LogP contribution in [0.2, 0.25) is 0 Å². The number of rotatable bonds is 4. The molecule has 0 unspecified atom stereocenters. The minimum Gasteiger partial charge on any atom is -0.371 e. The number of piperidine rings is 1. The number of likely N-dealkylation sites (tertiary alicyclic amines) is 1. The second-order valence-electron chi connectivity index (χ2n) is 7.27. The Morgan fingerprint density at radius 1 is 1.36 bits per heavy atom. The molecule has 1 spiro atoms. The Kier molecular flexibility index (Phi) is 4.71. The van der Waals surface area contributed by atoms with E-state index in [1.165, 1.54) is 12.1 Å². The summed E-state index contributed by atoms with van der Waals surface area (Å²) in [5.74, 6) is 0.835. The Balaban J connectivity index is 1.36. The molecule has 4 heterocycles. The van der Waals surface area contributed by atoms with E-state index in [2.05, 4.69) is 37.7 Å². The highest BCUT2D eigenvalue weighted by molar-refractivity contribution is 7.09. The zero-order valence-electron chi connectivity index (χ0n) is 14.9. The summed E-state index contributed by atoms with van der Waals surface area (Å²) in [4.78, 5) is 7.10. The molecule has 7 heteroatoms. The van der Waals surface area contributed by atoms with E-state index >= 15 is 0 Å². The van der Waals surface area contributed by atoms with Crippen LogP contribution in [-0.2, 0) is 11.3 Å². The third kappa shape index (κ3) is 3.99. The first-order valence-corrected chi connectivity index (χ1v) is 9.82. The largest absolute Gasteiger partial charge is 0.371 e. The molecular weight excluding hydrogens is 334 g/mol. The lowest BCUT2D eigenvalue weighted by Crippen LogP contribution is -2.47. The Bertz CT molecular complexity index is 719. The van der Waals surface area contributed by atoms with Crippen molar-refractivity contribution in [3.63, 3.8) is 0 Å². The fourth-order valence-corrected chi connectivity index (χ4v) is 4.55. The fourth-order valence-electron chi connectivity index (χ4n) is 3.94. The van der Waals surface area contributed by atoms with E-state index in [4.69, 9.17) is 4.74 Å². The van der Waals surface area contributed by atoms with Gasteiger partial charge in [0.1, 0.15) is 5.82 Å². The monoisotopic (exact) mass is 359 g/mol. The first-order valence-electron chi connectivity index (χ1n) is 8.94. The van der Waals surface area contributed by atoms with E-state index in [0.29, 0.717) is 6.04 Å². The fraction of sp³-hybridized carbons (Fsp3) is 0.611. The van der Waals surface area contributed by atoms with Crippen molar-refractivity contribution in [1.29, 1.82) is 0 Å². The van der Waals surface area contributed by atoms with Gasteiger partial charge in [-0.15, -0.1) is 16.4 Å². The van der Waals surface area contributed by atoms with E-state index < -0.39 is 0 Å². The van der Waals surface area contributed by atoms with Crippen LogP contribution in [0.4, 0.5) is 5.82 Å². The first-order chi connectivity index (χ1) is 12.1. The number of hydrogen-bond donors (Lipinski definition) is 1. The summed E-state index contributed by atoms with van der Waals surface area (Å²) in [6.07, 6.45) is 3.34. The SMILES string of the molecule is Cc1ccc(N[C@@H]2CO[C@]3(CCCN(Cc4csc(C)n4)C3)C2)nn1. The van der Waals surface area contributed by atoms with Crippen molar-refractivity contribution in [1.82, 2.24) is 20.1 Å². The molecule has 0 saturated carbocycles. The van der Waals surface area contributed by atoms with Crippen molar-refractivity contribution in [3.05, 3.63) is 33.9 Å². The van der Waals surface area contributed by atoms with Gasteiger partial charge in [0, 0.05) is 24.9 Å². The molecule has 2 aromatic heterocycles. The third-order valence-electron chi connectivity index (χ3n) is 5.03. The van der Waals surface area contributed by atoms with Crippen LogP contribution in [0, 0.1) is 13.8 Å². The van der Waals surface area contributed by atoms with E-state index in [1.54, 1.807) is 11.3 Å². The summed E-state index contributed by atoms with van der Waals surface area (Å²) in [6, 6.07) is 4.28. The van der Waals surface area contributed by atoms with Gasteiger partial charge in [0.25, 0.3) is 0 Å². The summed E-state index contributed by atoms with van der Waals surface area (Å²) < 4.78 is 6.29. The van der Waals surface area contributed by atoms with Gasteiger partial charge in [-0.3, -0.25) is 4.90 Å². The summed E-state index contributed by atoms with van der Waals surface area (Å²) >= 11 is 1.73. The van der Waals surface area contributed by atoms with Gasteiger partial charge < -0.3 is 10.1 Å². The standard InChI is InChI=1S/C18H25N5OS/c1-13-4-5-17(22-21-13)20-15-8-18(24-10-15)6-3-7-23(12-18)9-16-11-25-14(2)19-16/h4-5,11,15H,3,6-10,12H2,1-2H3,(H,20,22)/t15-,18+/m0/s1. The van der Waals surface area contributed by atoms with Gasteiger partial charge in [-0.2, -0.15) is 5.10 Å². The molecule has 1 N–H and O–H groups in total. The molecule has 2 fully saturated rings. The Morgan fingerprint density at radius 3 is 3.04 bits per heavy atom. The topological polar surface area (TPSA) is 63.2 Å². The molecule has 134 valence electrons. The van der Waals surface area contributed by atoms with Crippen molar-refractivity contribution in [2.75, 3.05) is 25.0 Å². The van der Waals surface area contributed by atoms with E-state index in [9.17, 15) is 0 Å². The van der Waals surface area contributed by atoms with E-state index in [0.717, 1.165) is 55.6 Å². The van der Waals surface area contributed by atoms with E-state index in [-0.39, 0.29) is 5.60 Å². The zero-order valence-corrected chi connectivity index (χ0v) is 15.7. The highest BCUT2D eigenvalue weighted by Crippen LogP contribution is 2.36. The normalized spacial score (nSPS) is 27.0. The number of thiazole rings is 1. The van der Waals surface area contributed by atoms with Crippen molar-refractivity contribution in [2.24, 2.45) is 0 Å². The zero-order chi connectivity index (χ0) is 17.3. The molecule has 0 radical (unpaired) electrons. The maximum absolute atomic E-state index is 6.29. The van der Waals surface area contributed by atoms with Crippen molar-refractivity contribution < 1.29 is 4.74 Å². The maximum atomic E-state index is 6.29. The molecule has 2 aliphatic heterocycles. The number of hydrogen-bond acceptors (Lipinski definition) is 7. The quantitative estimate of drug-likeness (QED) is 0.906. The average Bonchev–Trinajstić information content (AvgIpc) is 3.16. The van der Waals surface area contributed by atoms with Gasteiger partial charge in [0.2, 0.25) is 0 Å². The Hall–Kier alpha value is -1.57. The molecule has 2 aliphatic rings. The van der Waals surface area contributed by atoms with Crippen LogP contribution in [0.25, 0.3) is 0 Å². The highest BCUT2D eigenvalue weighted by Gasteiger charge is 2.43. The molecule has 2 saturated heterocycles. The van der Waals surface area contributed by atoms with Gasteiger partial charge >= 0.3 is 0 Å². The Morgan fingerprint density at radius 2 is 2.28 bits per heavy atom. The van der Waals surface area contributed by atoms with Crippen molar-refractivity contribution in [3.8, 4) is 0 Å². The maximum Gasteiger partial charge on any atom is 0.148 e. The van der Waals surface area contributed by atoms with Crippen LogP contribution in [0.15, 0.2) is 17.5 Å². The average molecular weight is 359 g/mol. The minimum absolute atomic E-state index is 0.0287. The Labute approximate surface area is 152 Å². The number of aromatic nitrogens is 3.